The highest BCUT2D eigenvalue weighted by atomic mass is 19.1. The third-order valence-corrected chi connectivity index (χ3v) is 8.08. The second-order valence-electron chi connectivity index (χ2n) is 11.5. The molecular weight excluding hydrogens is 620 g/mol. The quantitative estimate of drug-likeness (QED) is 0.220. The molecule has 13 heteroatoms. The lowest BCUT2D eigenvalue weighted by Gasteiger charge is -2.27. The van der Waals surface area contributed by atoms with E-state index in [1.165, 1.54) is 6.07 Å². The van der Waals surface area contributed by atoms with Gasteiger partial charge in [-0.05, 0) is 60.4 Å². The van der Waals surface area contributed by atoms with E-state index in [2.05, 4.69) is 32.0 Å². The van der Waals surface area contributed by atoms with Crippen LogP contribution >= 0.6 is 0 Å². The zero-order valence-electron chi connectivity index (χ0n) is 26.0. The number of fused-ring (bicyclic) bond motifs is 1. The van der Waals surface area contributed by atoms with E-state index in [1.807, 2.05) is 17.8 Å². The van der Waals surface area contributed by atoms with Crippen LogP contribution in [0.3, 0.4) is 0 Å². The maximum absolute atomic E-state index is 15.6. The molecule has 7 rings (SSSR count). The Balaban J connectivity index is 1.09. The number of hydrogen-bond donors (Lipinski definition) is 1. The number of halogens is 2. The smallest absolute Gasteiger partial charge is 0.335 e. The van der Waals surface area contributed by atoms with Crippen molar-refractivity contribution in [3.8, 4) is 29.0 Å². The highest BCUT2D eigenvalue weighted by Crippen LogP contribution is 2.29. The number of carbonyl (C=O) groups is 1. The molecule has 0 spiro atoms. The van der Waals surface area contributed by atoms with Crippen molar-refractivity contribution in [2.45, 2.75) is 32.1 Å². The van der Waals surface area contributed by atoms with Crippen LogP contribution in [0.1, 0.15) is 45.1 Å². The van der Waals surface area contributed by atoms with Gasteiger partial charge in [0.05, 0.1) is 46.7 Å². The Kier molecular flexibility index (Phi) is 8.16. The van der Waals surface area contributed by atoms with E-state index in [4.69, 9.17) is 9.47 Å². The number of aromatic carboxylic acids is 1. The number of ether oxygens (including phenoxy) is 2. The minimum Gasteiger partial charge on any atom is -0.478 e. The first-order valence-electron chi connectivity index (χ1n) is 15.2. The lowest BCUT2D eigenvalue weighted by Crippen LogP contribution is -2.31. The lowest BCUT2D eigenvalue weighted by atomic mass is 10.0. The van der Waals surface area contributed by atoms with Crippen molar-refractivity contribution in [1.29, 1.82) is 0 Å². The van der Waals surface area contributed by atoms with Gasteiger partial charge in [-0.2, -0.15) is 10.2 Å². The molecule has 0 amide bonds. The number of benzene rings is 2. The van der Waals surface area contributed by atoms with Crippen LogP contribution in [0.15, 0.2) is 67.0 Å². The summed E-state index contributed by atoms with van der Waals surface area (Å²) in [5.74, 6) is 4.46. The molecule has 6 aromatic rings. The summed E-state index contributed by atoms with van der Waals surface area (Å²) in [6.07, 6.45) is 4.26. The molecule has 48 heavy (non-hydrogen) atoms. The Bertz CT molecular complexity index is 2240. The Morgan fingerprint density at radius 3 is 2.69 bits per heavy atom. The summed E-state index contributed by atoms with van der Waals surface area (Å²) < 4.78 is 47.8. The fourth-order valence-corrected chi connectivity index (χ4v) is 5.50. The molecule has 1 aliphatic rings. The third-order valence-electron chi connectivity index (χ3n) is 8.08. The number of aromatic nitrogens is 7. The van der Waals surface area contributed by atoms with E-state index in [-0.39, 0.29) is 47.4 Å². The molecular formula is C35H29F2N7O4. The predicted octanol–water partition coefficient (Wildman–Crippen LogP) is 4.90. The third kappa shape index (κ3) is 6.38. The fraction of sp³-hybridized carbons (Fsp3) is 0.229. The van der Waals surface area contributed by atoms with E-state index in [9.17, 15) is 9.90 Å². The summed E-state index contributed by atoms with van der Waals surface area (Å²) >= 11 is 0. The van der Waals surface area contributed by atoms with Crippen LogP contribution in [-0.4, -0.2) is 57.9 Å². The molecule has 0 saturated carbocycles. The molecule has 1 N–H and O–H groups in total. The second kappa shape index (κ2) is 12.7. The van der Waals surface area contributed by atoms with Crippen LogP contribution < -0.4 is 4.74 Å². The number of rotatable bonds is 9. The maximum Gasteiger partial charge on any atom is 0.335 e. The van der Waals surface area contributed by atoms with Gasteiger partial charge in [-0.25, -0.2) is 23.5 Å². The molecule has 4 aromatic heterocycles. The molecule has 0 unspecified atom stereocenters. The number of pyridine rings is 1. The number of hydrogen-bond acceptors (Lipinski definition) is 7. The average Bonchev–Trinajstić information content (AvgIpc) is 3.73. The van der Waals surface area contributed by atoms with Crippen molar-refractivity contribution in [2.24, 2.45) is 14.1 Å². The summed E-state index contributed by atoms with van der Waals surface area (Å²) in [6, 6.07) is 13.6. The molecule has 242 valence electrons. The first-order chi connectivity index (χ1) is 23.2. The maximum atomic E-state index is 15.6. The monoisotopic (exact) mass is 649 g/mol. The highest BCUT2D eigenvalue weighted by molar-refractivity contribution is 5.92. The largest absolute Gasteiger partial charge is 0.478 e. The van der Waals surface area contributed by atoms with E-state index < -0.39 is 17.6 Å². The van der Waals surface area contributed by atoms with Crippen LogP contribution in [0.4, 0.5) is 8.78 Å². The molecule has 1 fully saturated rings. The standard InChI is InChI=1S/C35H29F2N7O4/c1-42-18-21(17-38-42)6-8-25-15-24(41-43(25)2)20-48-34-5-3-4-30(40-34)27-16-28(36)23(12-29(27)37)14-33-39-31-9-7-22(35(45)46)13-32(31)44(33)19-26-10-11-47-26/h3-5,7,9,12-13,15-18,26H,10-11,14,19-20H2,1-2H3,(H,45,46)/t26-/m0/s1. The number of nitrogens with zero attached hydrogens (tertiary/aromatic N) is 7. The van der Waals surface area contributed by atoms with Crippen molar-refractivity contribution in [1.82, 2.24) is 34.1 Å². The summed E-state index contributed by atoms with van der Waals surface area (Å²) in [6.45, 7) is 1.16. The van der Waals surface area contributed by atoms with Gasteiger partial charge in [0, 0.05) is 44.9 Å². The van der Waals surface area contributed by atoms with Gasteiger partial charge >= 0.3 is 5.97 Å². The first kappa shape index (κ1) is 30.8. The SMILES string of the molecule is Cn1cc(C#Cc2cc(COc3cccc(-c4cc(F)c(Cc5nc6ccc(C(=O)O)cc6n5C[C@@H]5CCO5)cc4F)n3)nn2C)cn1. The van der Waals surface area contributed by atoms with Gasteiger partial charge in [0.15, 0.2) is 0 Å². The van der Waals surface area contributed by atoms with Gasteiger partial charge in [-0.15, -0.1) is 0 Å². The number of carboxylic acids is 1. The minimum atomic E-state index is -1.06. The van der Waals surface area contributed by atoms with Crippen molar-refractivity contribution >= 4 is 17.0 Å². The van der Waals surface area contributed by atoms with Crippen LogP contribution in [0.25, 0.3) is 22.3 Å². The van der Waals surface area contributed by atoms with Gasteiger partial charge in [0.2, 0.25) is 5.88 Å². The Labute approximate surface area is 273 Å². The summed E-state index contributed by atoms with van der Waals surface area (Å²) in [5, 5.41) is 18.0. The number of carboxylic acid groups (broad SMARTS) is 1. The first-order valence-corrected chi connectivity index (χ1v) is 15.2. The topological polar surface area (TPSA) is 122 Å². The molecule has 0 radical (unpaired) electrons. The van der Waals surface area contributed by atoms with Gasteiger partial charge in [-0.3, -0.25) is 9.36 Å². The number of imidazole rings is 1. The van der Waals surface area contributed by atoms with Crippen LogP contribution in [0.2, 0.25) is 0 Å². The van der Waals surface area contributed by atoms with Crippen molar-refractivity contribution in [3.63, 3.8) is 0 Å². The Hall–Kier alpha value is -5.87. The van der Waals surface area contributed by atoms with Crippen molar-refractivity contribution < 1.29 is 28.2 Å². The summed E-state index contributed by atoms with van der Waals surface area (Å²) in [5.41, 5.74) is 3.65. The van der Waals surface area contributed by atoms with E-state index in [1.54, 1.807) is 59.0 Å². The van der Waals surface area contributed by atoms with E-state index >= 15 is 8.78 Å². The number of aryl methyl sites for hydroxylation is 2. The van der Waals surface area contributed by atoms with Gasteiger partial charge in [0.1, 0.15) is 35.5 Å². The lowest BCUT2D eigenvalue weighted by molar-refractivity contribution is -0.0589. The van der Waals surface area contributed by atoms with Gasteiger partial charge < -0.3 is 19.1 Å². The highest BCUT2D eigenvalue weighted by Gasteiger charge is 2.24. The average molecular weight is 650 g/mol. The zero-order valence-corrected chi connectivity index (χ0v) is 26.0. The van der Waals surface area contributed by atoms with Crippen LogP contribution in [0.5, 0.6) is 5.88 Å². The van der Waals surface area contributed by atoms with Crippen molar-refractivity contribution in [3.05, 3.63) is 113 Å². The Morgan fingerprint density at radius 2 is 1.94 bits per heavy atom. The van der Waals surface area contributed by atoms with E-state index in [0.29, 0.717) is 41.4 Å². The van der Waals surface area contributed by atoms with Crippen molar-refractivity contribution in [2.75, 3.05) is 6.61 Å². The molecule has 1 saturated heterocycles. The molecule has 0 aliphatic carbocycles. The normalized spacial score (nSPS) is 14.0. The summed E-state index contributed by atoms with van der Waals surface area (Å²) in [4.78, 5) is 20.7. The second-order valence-corrected chi connectivity index (χ2v) is 11.5. The van der Waals surface area contributed by atoms with Crippen LogP contribution in [0, 0.1) is 23.5 Å². The predicted molar refractivity (Wildman–Crippen MR) is 170 cm³/mol. The minimum absolute atomic E-state index is 0.0118. The molecule has 2 aromatic carbocycles. The zero-order chi connectivity index (χ0) is 33.4. The Morgan fingerprint density at radius 1 is 1.08 bits per heavy atom. The fourth-order valence-electron chi connectivity index (χ4n) is 5.50. The molecule has 0 bridgehead atoms. The molecule has 1 aliphatic heterocycles. The molecule has 1 atom stereocenters. The van der Waals surface area contributed by atoms with E-state index in [0.717, 1.165) is 24.1 Å². The van der Waals surface area contributed by atoms with Crippen LogP contribution in [-0.2, 0) is 38.4 Å². The molecule has 11 nitrogen and oxygen atoms in total. The van der Waals surface area contributed by atoms with Gasteiger partial charge in [-0.1, -0.05) is 12.0 Å². The molecule has 5 heterocycles. The summed E-state index contributed by atoms with van der Waals surface area (Å²) in [7, 11) is 3.60. The van der Waals surface area contributed by atoms with Gasteiger partial charge in [0.25, 0.3) is 0 Å².